The van der Waals surface area contributed by atoms with Gasteiger partial charge in [0.15, 0.2) is 11.6 Å². The summed E-state index contributed by atoms with van der Waals surface area (Å²) in [6.45, 7) is 12.4. The molecule has 0 N–H and O–H groups in total. The van der Waals surface area contributed by atoms with Crippen molar-refractivity contribution < 1.29 is 9.59 Å². The van der Waals surface area contributed by atoms with E-state index in [1.807, 2.05) is 48.5 Å². The van der Waals surface area contributed by atoms with E-state index in [0.717, 1.165) is 59.8 Å². The molecule has 0 radical (unpaired) electrons. The number of hydrogen-bond acceptors (Lipinski definition) is 6. The van der Waals surface area contributed by atoms with Crippen molar-refractivity contribution in [3.8, 4) is 0 Å². The number of hydrogen-bond donors (Lipinski definition) is 0. The first kappa shape index (κ1) is 47.4. The maximum atomic E-state index is 13.6. The Balaban J connectivity index is 0.000000219. The maximum absolute atomic E-state index is 13.6. The highest BCUT2D eigenvalue weighted by molar-refractivity contribution is 6.10. The molecule has 0 saturated heterocycles. The summed E-state index contributed by atoms with van der Waals surface area (Å²) < 4.78 is 0. The fourth-order valence-corrected chi connectivity index (χ4v) is 11.6. The van der Waals surface area contributed by atoms with Gasteiger partial charge in [-0.2, -0.15) is 0 Å². The van der Waals surface area contributed by atoms with Crippen LogP contribution in [0.4, 0.5) is 22.7 Å². The first-order valence-electron chi connectivity index (χ1n) is 26.0. The average molecular weight is 865 g/mol. The summed E-state index contributed by atoms with van der Waals surface area (Å²) in [7, 11) is 0. The van der Waals surface area contributed by atoms with Gasteiger partial charge in [0, 0.05) is 95.3 Å². The zero-order chi connectivity index (χ0) is 44.7. The van der Waals surface area contributed by atoms with Crippen LogP contribution in [0.5, 0.6) is 0 Å². The molecule has 0 amide bonds. The minimum Gasteiger partial charge on any atom is -0.372 e. The molecular formula is C58H80N4O2. The lowest BCUT2D eigenvalue weighted by Gasteiger charge is -2.43. The Morgan fingerprint density at radius 3 is 0.734 bits per heavy atom. The van der Waals surface area contributed by atoms with Crippen molar-refractivity contribution in [2.24, 2.45) is 0 Å². The molecule has 0 aliphatic heterocycles. The second-order valence-electron chi connectivity index (χ2n) is 19.2. The monoisotopic (exact) mass is 865 g/mol. The molecule has 0 atom stereocenters. The van der Waals surface area contributed by atoms with Gasteiger partial charge < -0.3 is 19.6 Å². The average Bonchev–Trinajstić information content (AvgIpc) is 3.37. The van der Waals surface area contributed by atoms with Crippen LogP contribution in [0, 0.1) is 0 Å². The zero-order valence-electron chi connectivity index (χ0n) is 40.1. The molecule has 6 heteroatoms. The van der Waals surface area contributed by atoms with Crippen LogP contribution in [-0.4, -0.2) is 61.9 Å². The Morgan fingerprint density at radius 1 is 0.328 bits per heavy atom. The summed E-state index contributed by atoms with van der Waals surface area (Å²) in [6.07, 6.45) is 27.0. The van der Waals surface area contributed by atoms with Crippen molar-refractivity contribution in [2.45, 2.75) is 180 Å². The summed E-state index contributed by atoms with van der Waals surface area (Å²) >= 11 is 0. The number of benzene rings is 4. The highest BCUT2D eigenvalue weighted by atomic mass is 16.1. The van der Waals surface area contributed by atoms with E-state index in [4.69, 9.17) is 0 Å². The molecule has 0 unspecified atom stereocenters. The summed E-state index contributed by atoms with van der Waals surface area (Å²) in [6, 6.07) is 35.9. The van der Waals surface area contributed by atoms with Gasteiger partial charge in [0.2, 0.25) is 0 Å². The standard InChI is InChI=1S/C37H52N2O.C21H28N2O/c40-37(29-21-25-35(26-22-29)38(31-13-5-1-6-14-31)32-15-7-2-8-16-32)30-23-27-36(28-24-30)39(33-17-9-3-10-18-33)34-19-11-4-12-20-34;1-5-22(6-2)19-13-9-17(10-14-19)21(24)18-11-15-20(16-12-18)23(7-3)8-4/h21-28,31-34H,1-20H2;9-16H,5-8H2,1-4H3. The van der Waals surface area contributed by atoms with E-state index in [9.17, 15) is 9.59 Å². The van der Waals surface area contributed by atoms with E-state index >= 15 is 0 Å². The Hall–Kier alpha value is -4.58. The normalized spacial score (nSPS) is 17.8. The molecule has 0 heterocycles. The van der Waals surface area contributed by atoms with Crippen LogP contribution in [0.15, 0.2) is 97.1 Å². The molecule has 0 spiro atoms. The fraction of sp³-hybridized carbons (Fsp3) is 0.552. The zero-order valence-corrected chi connectivity index (χ0v) is 40.1. The van der Waals surface area contributed by atoms with Gasteiger partial charge in [-0.3, -0.25) is 9.59 Å². The van der Waals surface area contributed by atoms with Crippen LogP contribution in [0.25, 0.3) is 0 Å². The van der Waals surface area contributed by atoms with Crippen LogP contribution >= 0.6 is 0 Å². The third-order valence-electron chi connectivity index (χ3n) is 15.2. The number of rotatable bonds is 16. The van der Waals surface area contributed by atoms with Crippen LogP contribution < -0.4 is 19.6 Å². The molecule has 4 aromatic rings. The van der Waals surface area contributed by atoms with Gasteiger partial charge in [0.05, 0.1) is 0 Å². The molecule has 64 heavy (non-hydrogen) atoms. The Bertz CT molecular complexity index is 1800. The minimum atomic E-state index is 0.0761. The number of nitrogens with zero attached hydrogens (tertiary/aromatic N) is 4. The predicted molar refractivity (Wildman–Crippen MR) is 272 cm³/mol. The molecule has 0 aromatic heterocycles. The molecule has 6 nitrogen and oxygen atoms in total. The fourth-order valence-electron chi connectivity index (χ4n) is 11.6. The maximum Gasteiger partial charge on any atom is 0.193 e. The van der Waals surface area contributed by atoms with Crippen molar-refractivity contribution in [3.05, 3.63) is 119 Å². The van der Waals surface area contributed by atoms with Crippen molar-refractivity contribution in [3.63, 3.8) is 0 Å². The van der Waals surface area contributed by atoms with Crippen LogP contribution in [-0.2, 0) is 0 Å². The molecule has 344 valence electrons. The van der Waals surface area contributed by atoms with Crippen molar-refractivity contribution in [1.29, 1.82) is 0 Å². The molecule has 0 bridgehead atoms. The summed E-state index contributed by atoms with van der Waals surface area (Å²) in [5.74, 6) is 0.231. The van der Waals surface area contributed by atoms with Gasteiger partial charge in [-0.15, -0.1) is 0 Å². The third-order valence-corrected chi connectivity index (χ3v) is 15.2. The molecule has 4 fully saturated rings. The summed E-state index contributed by atoms with van der Waals surface area (Å²) in [5.41, 5.74) is 8.10. The van der Waals surface area contributed by atoms with Crippen LogP contribution in [0.2, 0.25) is 0 Å². The number of anilines is 4. The first-order valence-corrected chi connectivity index (χ1v) is 26.0. The SMILES string of the molecule is CCN(CC)c1ccc(C(=O)c2ccc(N(CC)CC)cc2)cc1.O=C(c1ccc(N(C2CCCCC2)C2CCCCC2)cc1)c1ccc(N(C2CCCCC2)C2CCCCC2)cc1. The van der Waals surface area contributed by atoms with E-state index in [1.54, 1.807) is 0 Å². The first-order chi connectivity index (χ1) is 31.4. The van der Waals surface area contributed by atoms with Gasteiger partial charge in [-0.25, -0.2) is 0 Å². The van der Waals surface area contributed by atoms with Crippen molar-refractivity contribution in [2.75, 3.05) is 45.8 Å². The molecule has 8 rings (SSSR count). The largest absolute Gasteiger partial charge is 0.372 e. The van der Waals surface area contributed by atoms with E-state index in [-0.39, 0.29) is 11.6 Å². The van der Waals surface area contributed by atoms with Gasteiger partial charge in [0.25, 0.3) is 0 Å². The minimum absolute atomic E-state index is 0.0761. The van der Waals surface area contributed by atoms with E-state index < -0.39 is 0 Å². The summed E-state index contributed by atoms with van der Waals surface area (Å²) in [5, 5.41) is 0. The van der Waals surface area contributed by atoms with E-state index in [2.05, 4.69) is 95.8 Å². The lowest BCUT2D eigenvalue weighted by atomic mass is 9.88. The van der Waals surface area contributed by atoms with Crippen molar-refractivity contribution >= 4 is 34.3 Å². The van der Waals surface area contributed by atoms with Gasteiger partial charge in [-0.05, 0) is 176 Å². The lowest BCUT2D eigenvalue weighted by molar-refractivity contribution is 0.103. The van der Waals surface area contributed by atoms with Gasteiger partial charge >= 0.3 is 0 Å². The third kappa shape index (κ3) is 12.0. The highest BCUT2D eigenvalue weighted by Crippen LogP contribution is 2.37. The van der Waals surface area contributed by atoms with Gasteiger partial charge in [0.1, 0.15) is 0 Å². The highest BCUT2D eigenvalue weighted by Gasteiger charge is 2.31. The Labute approximate surface area is 387 Å². The topological polar surface area (TPSA) is 47.1 Å². The van der Waals surface area contributed by atoms with Gasteiger partial charge in [-0.1, -0.05) is 77.0 Å². The predicted octanol–water partition coefficient (Wildman–Crippen LogP) is 14.5. The molecular weight excluding hydrogens is 785 g/mol. The smallest absolute Gasteiger partial charge is 0.193 e. The van der Waals surface area contributed by atoms with E-state index in [0.29, 0.717) is 24.2 Å². The second kappa shape index (κ2) is 24.1. The lowest BCUT2D eigenvalue weighted by Crippen LogP contribution is -2.45. The quantitative estimate of drug-likeness (QED) is 0.105. The second-order valence-corrected chi connectivity index (χ2v) is 19.2. The molecule has 4 aliphatic rings. The van der Waals surface area contributed by atoms with Crippen LogP contribution in [0.3, 0.4) is 0 Å². The Morgan fingerprint density at radius 2 is 0.531 bits per heavy atom. The number of carbonyl (C=O) groups excluding carboxylic acids is 2. The molecule has 4 aromatic carbocycles. The van der Waals surface area contributed by atoms with E-state index in [1.165, 1.54) is 140 Å². The summed E-state index contributed by atoms with van der Waals surface area (Å²) in [4.78, 5) is 36.3. The molecule has 4 aliphatic carbocycles. The van der Waals surface area contributed by atoms with Crippen LogP contribution in [0.1, 0.15) is 188 Å². The molecule has 4 saturated carbocycles. The Kier molecular flexibility index (Phi) is 17.8. The number of carbonyl (C=O) groups is 2. The van der Waals surface area contributed by atoms with Crippen molar-refractivity contribution in [1.82, 2.24) is 0 Å². The number of ketones is 2.